The number of fused-ring (bicyclic) bond motifs is 1. The molecule has 1 aliphatic heterocycles. The van der Waals surface area contributed by atoms with Crippen LogP contribution in [0.15, 0.2) is 18.2 Å². The first-order valence-electron chi connectivity index (χ1n) is 6.38. The molecule has 1 aliphatic rings. The molecule has 1 aromatic rings. The quantitative estimate of drug-likeness (QED) is 0.858. The molecule has 0 aromatic heterocycles. The molecule has 0 saturated heterocycles. The van der Waals surface area contributed by atoms with Crippen LogP contribution in [0.1, 0.15) is 12.5 Å². The van der Waals surface area contributed by atoms with Gasteiger partial charge in [0.1, 0.15) is 13.2 Å². The number of ether oxygens (including phenoxy) is 2. The van der Waals surface area contributed by atoms with E-state index in [1.54, 1.807) is 0 Å². The Hall–Kier alpha value is -0.870. The average Bonchev–Trinajstić information content (AvgIpc) is 2.39. The summed E-state index contributed by atoms with van der Waals surface area (Å²) >= 11 is 1.90. The van der Waals surface area contributed by atoms with Gasteiger partial charge in [0, 0.05) is 6.54 Å². The Morgan fingerprint density at radius 2 is 2.06 bits per heavy atom. The lowest BCUT2D eigenvalue weighted by molar-refractivity contribution is 0.171. The second-order valence-corrected chi connectivity index (χ2v) is 5.58. The highest BCUT2D eigenvalue weighted by Gasteiger charge is 2.11. The molecule has 1 N–H and O–H groups in total. The van der Waals surface area contributed by atoms with Crippen LogP contribution >= 0.6 is 11.8 Å². The Morgan fingerprint density at radius 3 is 2.83 bits per heavy atom. The summed E-state index contributed by atoms with van der Waals surface area (Å²) in [5, 5.41) is 3.48. The molecule has 0 radical (unpaired) electrons. The Morgan fingerprint density at radius 1 is 1.28 bits per heavy atom. The first-order chi connectivity index (χ1) is 8.79. The van der Waals surface area contributed by atoms with E-state index in [0.717, 1.165) is 24.6 Å². The lowest BCUT2D eigenvalue weighted by Crippen LogP contribution is -2.22. The summed E-state index contributed by atoms with van der Waals surface area (Å²) in [5.74, 6) is 3.64. The van der Waals surface area contributed by atoms with Crippen molar-refractivity contribution in [3.8, 4) is 11.5 Å². The molecular weight excluding hydrogens is 246 g/mol. The van der Waals surface area contributed by atoms with Gasteiger partial charge in [-0.1, -0.05) is 13.0 Å². The summed E-state index contributed by atoms with van der Waals surface area (Å²) in [6, 6.07) is 6.16. The standard InChI is InChI=1S/C14H21NO2S/c1-11(10-18-2)8-15-9-12-3-4-13-14(7-12)17-6-5-16-13/h3-4,7,11,15H,5-6,8-10H2,1-2H3. The van der Waals surface area contributed by atoms with Crippen molar-refractivity contribution in [1.82, 2.24) is 5.32 Å². The molecule has 4 heteroatoms. The van der Waals surface area contributed by atoms with Crippen molar-refractivity contribution in [2.45, 2.75) is 13.5 Å². The van der Waals surface area contributed by atoms with Crippen LogP contribution in [0, 0.1) is 5.92 Å². The third kappa shape index (κ3) is 3.82. The van der Waals surface area contributed by atoms with Crippen LogP contribution in [-0.4, -0.2) is 31.8 Å². The Balaban J connectivity index is 1.82. The average molecular weight is 267 g/mol. The third-order valence-electron chi connectivity index (χ3n) is 2.88. The molecule has 1 unspecified atom stereocenters. The molecule has 0 bridgehead atoms. The van der Waals surface area contributed by atoms with Crippen molar-refractivity contribution in [3.05, 3.63) is 23.8 Å². The fraction of sp³-hybridized carbons (Fsp3) is 0.571. The fourth-order valence-electron chi connectivity index (χ4n) is 2.00. The van der Waals surface area contributed by atoms with Crippen LogP contribution in [0.4, 0.5) is 0 Å². The molecule has 3 nitrogen and oxygen atoms in total. The van der Waals surface area contributed by atoms with Crippen molar-refractivity contribution < 1.29 is 9.47 Å². The summed E-state index contributed by atoms with van der Waals surface area (Å²) in [7, 11) is 0. The van der Waals surface area contributed by atoms with Gasteiger partial charge in [-0.3, -0.25) is 0 Å². The van der Waals surface area contributed by atoms with Gasteiger partial charge in [0.15, 0.2) is 11.5 Å². The summed E-state index contributed by atoms with van der Waals surface area (Å²) in [6.45, 7) is 5.50. The molecular formula is C14H21NO2S. The van der Waals surface area contributed by atoms with Crippen molar-refractivity contribution in [3.63, 3.8) is 0 Å². The number of hydrogen-bond acceptors (Lipinski definition) is 4. The minimum Gasteiger partial charge on any atom is -0.486 e. The number of hydrogen-bond donors (Lipinski definition) is 1. The summed E-state index contributed by atoms with van der Waals surface area (Å²) in [4.78, 5) is 0. The fourth-order valence-corrected chi connectivity index (χ4v) is 2.69. The molecule has 0 aliphatic carbocycles. The lowest BCUT2D eigenvalue weighted by Gasteiger charge is -2.19. The molecule has 1 heterocycles. The molecule has 18 heavy (non-hydrogen) atoms. The summed E-state index contributed by atoms with van der Waals surface area (Å²) in [5.41, 5.74) is 1.25. The summed E-state index contributed by atoms with van der Waals surface area (Å²) in [6.07, 6.45) is 2.15. The Kier molecular flexibility index (Phi) is 5.20. The van der Waals surface area contributed by atoms with Crippen LogP contribution < -0.4 is 14.8 Å². The predicted molar refractivity (Wildman–Crippen MR) is 76.7 cm³/mol. The van der Waals surface area contributed by atoms with E-state index in [4.69, 9.17) is 9.47 Å². The van der Waals surface area contributed by atoms with Gasteiger partial charge in [0.25, 0.3) is 0 Å². The zero-order valence-electron chi connectivity index (χ0n) is 11.1. The second kappa shape index (κ2) is 6.90. The van der Waals surface area contributed by atoms with Gasteiger partial charge in [-0.15, -0.1) is 0 Å². The van der Waals surface area contributed by atoms with Crippen molar-refractivity contribution in [2.24, 2.45) is 5.92 Å². The van der Waals surface area contributed by atoms with Gasteiger partial charge in [0.2, 0.25) is 0 Å². The van der Waals surface area contributed by atoms with Gasteiger partial charge in [-0.25, -0.2) is 0 Å². The predicted octanol–water partition coefficient (Wildman–Crippen LogP) is 2.55. The Labute approximate surface area is 113 Å². The molecule has 100 valence electrons. The van der Waals surface area contributed by atoms with Crippen LogP contribution in [0.5, 0.6) is 11.5 Å². The SMILES string of the molecule is CSCC(C)CNCc1ccc2c(c1)OCCO2. The van der Waals surface area contributed by atoms with Crippen LogP contribution in [-0.2, 0) is 6.54 Å². The largest absolute Gasteiger partial charge is 0.486 e. The van der Waals surface area contributed by atoms with E-state index in [0.29, 0.717) is 19.1 Å². The zero-order chi connectivity index (χ0) is 12.8. The van der Waals surface area contributed by atoms with E-state index in [9.17, 15) is 0 Å². The normalized spacial score (nSPS) is 15.4. The summed E-state index contributed by atoms with van der Waals surface area (Å²) < 4.78 is 11.1. The molecule has 0 spiro atoms. The van der Waals surface area contributed by atoms with Gasteiger partial charge in [0.05, 0.1) is 0 Å². The molecule has 1 atom stereocenters. The smallest absolute Gasteiger partial charge is 0.161 e. The van der Waals surface area contributed by atoms with Gasteiger partial charge in [-0.2, -0.15) is 11.8 Å². The van der Waals surface area contributed by atoms with Crippen molar-refractivity contribution in [2.75, 3.05) is 31.8 Å². The van der Waals surface area contributed by atoms with E-state index in [2.05, 4.69) is 30.6 Å². The number of thioether (sulfide) groups is 1. The molecule has 0 saturated carbocycles. The molecule has 0 fully saturated rings. The second-order valence-electron chi connectivity index (χ2n) is 4.67. The lowest BCUT2D eigenvalue weighted by atomic mass is 10.1. The number of benzene rings is 1. The van der Waals surface area contributed by atoms with E-state index >= 15 is 0 Å². The zero-order valence-corrected chi connectivity index (χ0v) is 11.9. The Bertz CT molecular complexity index is 384. The molecule has 2 rings (SSSR count). The van der Waals surface area contributed by atoms with Gasteiger partial charge in [-0.05, 0) is 42.2 Å². The topological polar surface area (TPSA) is 30.5 Å². The van der Waals surface area contributed by atoms with E-state index in [1.807, 2.05) is 17.8 Å². The van der Waals surface area contributed by atoms with Crippen molar-refractivity contribution in [1.29, 1.82) is 0 Å². The highest BCUT2D eigenvalue weighted by molar-refractivity contribution is 7.98. The highest BCUT2D eigenvalue weighted by atomic mass is 32.2. The van der Waals surface area contributed by atoms with E-state index in [1.165, 1.54) is 11.3 Å². The van der Waals surface area contributed by atoms with Gasteiger partial charge >= 0.3 is 0 Å². The van der Waals surface area contributed by atoms with Crippen molar-refractivity contribution >= 4 is 11.8 Å². The maximum Gasteiger partial charge on any atom is 0.161 e. The monoisotopic (exact) mass is 267 g/mol. The van der Waals surface area contributed by atoms with Crippen LogP contribution in [0.25, 0.3) is 0 Å². The third-order valence-corrected chi connectivity index (χ3v) is 3.78. The minimum absolute atomic E-state index is 0.647. The van der Waals surface area contributed by atoms with Gasteiger partial charge < -0.3 is 14.8 Å². The first kappa shape index (κ1) is 13.6. The van der Waals surface area contributed by atoms with Crippen LogP contribution in [0.2, 0.25) is 0 Å². The van der Waals surface area contributed by atoms with E-state index < -0.39 is 0 Å². The minimum atomic E-state index is 0.647. The molecule has 1 aromatic carbocycles. The first-order valence-corrected chi connectivity index (χ1v) is 7.77. The number of rotatable bonds is 6. The number of nitrogens with one attached hydrogen (secondary N) is 1. The van der Waals surface area contributed by atoms with E-state index in [-0.39, 0.29) is 0 Å². The highest BCUT2D eigenvalue weighted by Crippen LogP contribution is 2.30. The maximum absolute atomic E-state index is 5.57. The molecule has 0 amide bonds. The van der Waals surface area contributed by atoms with Crippen LogP contribution in [0.3, 0.4) is 0 Å². The maximum atomic E-state index is 5.57.